The Labute approximate surface area is 187 Å². The van der Waals surface area contributed by atoms with E-state index in [4.69, 9.17) is 11.6 Å². The van der Waals surface area contributed by atoms with Gasteiger partial charge in [-0.1, -0.05) is 29.8 Å². The third kappa shape index (κ3) is 4.59. The number of para-hydroxylation sites is 1. The first-order valence-corrected chi connectivity index (χ1v) is 9.34. The Bertz CT molecular complexity index is 1050. The van der Waals surface area contributed by atoms with Crippen LogP contribution in [0, 0.1) is 0 Å². The van der Waals surface area contributed by atoms with E-state index >= 15 is 0 Å². The molecule has 0 radical (unpaired) electrons. The van der Waals surface area contributed by atoms with Crippen molar-refractivity contribution in [3.63, 3.8) is 0 Å². The number of Topliss-reactive ketones (excluding diaryl/α,β-unsaturated/α-hetero) is 1. The predicted molar refractivity (Wildman–Crippen MR) is 98.1 cm³/mol. The van der Waals surface area contributed by atoms with Crippen molar-refractivity contribution in [3.05, 3.63) is 52.4 Å². The Morgan fingerprint density at radius 1 is 1.21 bits per heavy atom. The van der Waals surface area contributed by atoms with Crippen LogP contribution in [0.25, 0.3) is 0 Å². The van der Waals surface area contributed by atoms with Crippen molar-refractivity contribution in [2.24, 2.45) is 10.2 Å². The monoisotopic (exact) mass is 430 g/mol. The SMILES string of the molecule is CC1=NN(c2ccccc2)C(=O)C1N/N=C1/C=C(Cl)C=C(S(=O)(=O)[O-])C1=O.[Na+]. The second-order valence-corrected chi connectivity index (χ2v) is 7.39. The molecule has 1 amide bonds. The van der Waals surface area contributed by atoms with E-state index in [1.807, 2.05) is 0 Å². The Morgan fingerprint density at radius 3 is 2.46 bits per heavy atom. The summed E-state index contributed by atoms with van der Waals surface area (Å²) in [4.78, 5) is 23.7. The molecule has 9 nitrogen and oxygen atoms in total. The summed E-state index contributed by atoms with van der Waals surface area (Å²) in [6.45, 7) is 1.59. The van der Waals surface area contributed by atoms with E-state index in [2.05, 4.69) is 15.6 Å². The van der Waals surface area contributed by atoms with Crippen LogP contribution >= 0.6 is 11.6 Å². The Balaban J connectivity index is 0.00000280. The molecular formula is C16H12ClN4NaO5S. The van der Waals surface area contributed by atoms with E-state index in [1.165, 1.54) is 5.01 Å². The Hall–Kier alpha value is -1.82. The van der Waals surface area contributed by atoms with Crippen LogP contribution in [0.5, 0.6) is 0 Å². The fraction of sp³-hybridized carbons (Fsp3) is 0.125. The van der Waals surface area contributed by atoms with E-state index in [0.717, 1.165) is 12.2 Å². The minimum absolute atomic E-state index is 0. The summed E-state index contributed by atoms with van der Waals surface area (Å²) < 4.78 is 33.5. The largest absolute Gasteiger partial charge is 1.00 e. The predicted octanol–water partition coefficient (Wildman–Crippen LogP) is -2.14. The summed E-state index contributed by atoms with van der Waals surface area (Å²) in [7, 11) is -5.02. The van der Waals surface area contributed by atoms with Crippen LogP contribution in [-0.4, -0.2) is 42.1 Å². The zero-order chi connectivity index (χ0) is 19.8. The van der Waals surface area contributed by atoms with Crippen LogP contribution in [0.4, 0.5) is 5.69 Å². The third-order valence-electron chi connectivity index (χ3n) is 3.72. The molecule has 2 aliphatic rings. The molecule has 0 saturated carbocycles. The van der Waals surface area contributed by atoms with Gasteiger partial charge in [-0.25, -0.2) is 8.42 Å². The number of ketones is 1. The van der Waals surface area contributed by atoms with E-state index in [9.17, 15) is 22.6 Å². The number of nitrogens with one attached hydrogen (secondary N) is 1. The molecule has 140 valence electrons. The number of hydrazone groups is 2. The second kappa shape index (κ2) is 8.68. The van der Waals surface area contributed by atoms with Crippen molar-refractivity contribution in [1.29, 1.82) is 0 Å². The maximum absolute atomic E-state index is 12.6. The quantitative estimate of drug-likeness (QED) is 0.251. The molecule has 1 aliphatic carbocycles. The van der Waals surface area contributed by atoms with Crippen LogP contribution in [0.2, 0.25) is 0 Å². The zero-order valence-corrected chi connectivity index (χ0v) is 18.4. The van der Waals surface area contributed by atoms with Crippen LogP contribution < -0.4 is 40.0 Å². The van der Waals surface area contributed by atoms with Crippen LogP contribution in [-0.2, 0) is 19.7 Å². The number of nitrogens with zero attached hydrogens (tertiary/aromatic N) is 3. The van der Waals surface area contributed by atoms with E-state index in [-0.39, 0.29) is 34.6 Å². The Kier molecular flexibility index (Phi) is 6.97. The molecule has 0 bridgehead atoms. The third-order valence-corrected chi connectivity index (χ3v) is 4.78. The molecule has 1 N–H and O–H groups in total. The summed E-state index contributed by atoms with van der Waals surface area (Å²) in [6.07, 6.45) is 1.85. The number of benzene rings is 1. The van der Waals surface area contributed by atoms with Gasteiger partial charge in [-0.15, -0.1) is 0 Å². The average molecular weight is 431 g/mol. The molecule has 1 aliphatic heterocycles. The number of amides is 1. The van der Waals surface area contributed by atoms with Crippen LogP contribution in [0.15, 0.2) is 62.6 Å². The summed E-state index contributed by atoms with van der Waals surface area (Å²) in [5, 5.41) is 8.96. The van der Waals surface area contributed by atoms with Crippen molar-refractivity contribution in [3.8, 4) is 0 Å². The van der Waals surface area contributed by atoms with E-state index < -0.39 is 38.5 Å². The standard InChI is InChI=1S/C16H13ClN4O5S.Na/c1-9-14(16(23)21(20-9)11-5-3-2-4-6-11)19-18-12-7-10(17)8-13(15(12)22)27(24,25)26;/h2-8,14,19H,1H3,(H,24,25,26);/q;+1/p-1/b18-12-;. The molecule has 1 aromatic rings. The topological polar surface area (TPSA) is 131 Å². The van der Waals surface area contributed by atoms with Crippen molar-refractivity contribution in [1.82, 2.24) is 5.43 Å². The first-order chi connectivity index (χ1) is 12.7. The van der Waals surface area contributed by atoms with Gasteiger partial charge in [0.15, 0.2) is 6.04 Å². The fourth-order valence-corrected chi connectivity index (χ4v) is 3.31. The van der Waals surface area contributed by atoms with Crippen molar-refractivity contribution in [2.75, 3.05) is 5.01 Å². The van der Waals surface area contributed by atoms with E-state index in [1.54, 1.807) is 37.3 Å². The molecule has 0 fully saturated rings. The van der Waals surface area contributed by atoms with Gasteiger partial charge in [-0.05, 0) is 31.2 Å². The smallest absolute Gasteiger partial charge is 0.744 e. The molecule has 1 heterocycles. The number of halogens is 1. The molecule has 12 heteroatoms. The van der Waals surface area contributed by atoms with Gasteiger partial charge in [0.25, 0.3) is 5.91 Å². The molecular weight excluding hydrogens is 419 g/mol. The molecule has 0 saturated heterocycles. The summed E-state index contributed by atoms with van der Waals surface area (Å²) in [5.41, 5.74) is 3.03. The first-order valence-electron chi connectivity index (χ1n) is 7.55. The number of hydrogen-bond acceptors (Lipinski definition) is 8. The van der Waals surface area contributed by atoms with Crippen molar-refractivity contribution < 1.29 is 52.1 Å². The number of carbonyl (C=O) groups is 2. The van der Waals surface area contributed by atoms with Gasteiger partial charge in [-0.3, -0.25) is 15.0 Å². The van der Waals surface area contributed by atoms with E-state index in [0.29, 0.717) is 11.4 Å². The second-order valence-electron chi connectivity index (χ2n) is 5.61. The molecule has 1 unspecified atom stereocenters. The number of allylic oxidation sites excluding steroid dienone is 4. The van der Waals surface area contributed by atoms with Crippen molar-refractivity contribution in [2.45, 2.75) is 13.0 Å². The maximum Gasteiger partial charge on any atom is 1.00 e. The molecule has 28 heavy (non-hydrogen) atoms. The Morgan fingerprint density at radius 2 is 1.86 bits per heavy atom. The number of anilines is 1. The van der Waals surface area contributed by atoms with Gasteiger partial charge in [0, 0.05) is 5.03 Å². The van der Waals surface area contributed by atoms with Gasteiger partial charge in [-0.2, -0.15) is 15.2 Å². The minimum atomic E-state index is -5.02. The van der Waals surface area contributed by atoms with Gasteiger partial charge in [0.05, 0.1) is 11.4 Å². The molecule has 1 atom stereocenters. The number of rotatable bonds is 4. The molecule has 0 aromatic heterocycles. The van der Waals surface area contributed by atoms with Crippen LogP contribution in [0.3, 0.4) is 0 Å². The number of hydrogen-bond donors (Lipinski definition) is 1. The maximum atomic E-state index is 12.6. The fourth-order valence-electron chi connectivity index (χ4n) is 2.43. The molecule has 0 spiro atoms. The van der Waals surface area contributed by atoms with Gasteiger partial charge < -0.3 is 4.55 Å². The minimum Gasteiger partial charge on any atom is -0.744 e. The number of carbonyl (C=O) groups excluding carboxylic acids is 2. The van der Waals surface area contributed by atoms with Crippen molar-refractivity contribution >= 4 is 50.5 Å². The summed E-state index contributed by atoms with van der Waals surface area (Å²) >= 11 is 5.76. The summed E-state index contributed by atoms with van der Waals surface area (Å²) in [5.74, 6) is -1.55. The zero-order valence-electron chi connectivity index (χ0n) is 14.8. The van der Waals surface area contributed by atoms with Crippen LogP contribution in [0.1, 0.15) is 6.92 Å². The normalized spacial score (nSPS) is 21.1. The average Bonchev–Trinajstić information content (AvgIpc) is 2.89. The summed E-state index contributed by atoms with van der Waals surface area (Å²) in [6, 6.07) is 7.73. The molecule has 1 aromatic carbocycles. The first kappa shape index (κ1) is 22.5. The van der Waals surface area contributed by atoms with Gasteiger partial charge >= 0.3 is 29.6 Å². The molecule has 3 rings (SSSR count). The van der Waals surface area contributed by atoms with Gasteiger partial charge in [0.1, 0.15) is 20.7 Å². The van der Waals surface area contributed by atoms with Gasteiger partial charge in [0.2, 0.25) is 5.78 Å².